The molecular formula is C20H23N5O2S. The van der Waals surface area contributed by atoms with Crippen LogP contribution in [0.1, 0.15) is 29.7 Å². The third-order valence-electron chi connectivity index (χ3n) is 5.20. The third kappa shape index (κ3) is 3.64. The fourth-order valence-corrected chi connectivity index (χ4v) is 4.45. The molecule has 2 aromatic heterocycles. The van der Waals surface area contributed by atoms with E-state index in [9.17, 15) is 9.59 Å². The van der Waals surface area contributed by atoms with Crippen LogP contribution in [-0.2, 0) is 4.79 Å². The molecule has 4 rings (SSSR count). The van der Waals surface area contributed by atoms with Crippen molar-refractivity contribution < 1.29 is 4.79 Å². The number of nitrogens with one attached hydrogen (secondary N) is 1. The van der Waals surface area contributed by atoms with Crippen molar-refractivity contribution in [3.8, 4) is 0 Å². The molecule has 0 spiro atoms. The summed E-state index contributed by atoms with van der Waals surface area (Å²) in [4.78, 5) is 32.0. The van der Waals surface area contributed by atoms with E-state index in [1.54, 1.807) is 6.92 Å². The summed E-state index contributed by atoms with van der Waals surface area (Å²) in [6.07, 6.45) is 1.75. The molecule has 3 aromatic rings. The molecule has 1 amide bonds. The highest BCUT2D eigenvalue weighted by Gasteiger charge is 2.28. The van der Waals surface area contributed by atoms with Crippen LogP contribution in [0.4, 0.5) is 10.8 Å². The Morgan fingerprint density at radius 1 is 1.21 bits per heavy atom. The lowest BCUT2D eigenvalue weighted by Crippen LogP contribution is -2.40. The molecule has 146 valence electrons. The van der Waals surface area contributed by atoms with Crippen LogP contribution in [0.15, 0.2) is 29.1 Å². The van der Waals surface area contributed by atoms with Crippen LogP contribution in [0.3, 0.4) is 0 Å². The Morgan fingerprint density at radius 2 is 2.04 bits per heavy atom. The first-order chi connectivity index (χ1) is 13.4. The van der Waals surface area contributed by atoms with Crippen molar-refractivity contribution >= 4 is 33.0 Å². The third-order valence-corrected chi connectivity index (χ3v) is 6.17. The number of amides is 1. The van der Waals surface area contributed by atoms with Crippen LogP contribution in [0.25, 0.3) is 4.96 Å². The standard InChI is InChI=1S/C20H23N5O2S/c1-12-6-7-16(9-13(12)2)22-18(27)15-5-4-8-24(11-15)20-23-25-17(26)10-14(3)21-19(25)28-20/h6-7,9-10,15H,4-5,8,11H2,1-3H3,(H,22,27)/t15-/m1/s1. The molecule has 0 bridgehead atoms. The molecule has 7 nitrogen and oxygen atoms in total. The minimum atomic E-state index is -0.175. The predicted molar refractivity (Wildman–Crippen MR) is 111 cm³/mol. The fraction of sp³-hybridized carbons (Fsp3) is 0.400. The molecule has 1 N–H and O–H groups in total. The number of nitrogens with zero attached hydrogens (tertiary/aromatic N) is 4. The van der Waals surface area contributed by atoms with Gasteiger partial charge < -0.3 is 10.2 Å². The molecule has 0 aliphatic carbocycles. The SMILES string of the molecule is Cc1cc(=O)n2nc(N3CCC[C@@H](C(=O)Nc4ccc(C)c(C)c4)C3)sc2n1. The van der Waals surface area contributed by atoms with Gasteiger partial charge in [-0.25, -0.2) is 4.98 Å². The summed E-state index contributed by atoms with van der Waals surface area (Å²) >= 11 is 1.39. The van der Waals surface area contributed by atoms with E-state index in [2.05, 4.69) is 27.2 Å². The molecule has 1 aliphatic heterocycles. The first-order valence-corrected chi connectivity index (χ1v) is 10.2. The van der Waals surface area contributed by atoms with Gasteiger partial charge in [0.05, 0.1) is 5.92 Å². The molecule has 1 atom stereocenters. The maximum absolute atomic E-state index is 12.8. The Hall–Kier alpha value is -2.74. The second-order valence-corrected chi connectivity index (χ2v) is 8.32. The molecule has 1 saturated heterocycles. The number of anilines is 2. The number of piperidine rings is 1. The predicted octanol–water partition coefficient (Wildman–Crippen LogP) is 2.93. The zero-order chi connectivity index (χ0) is 19.8. The number of carbonyl (C=O) groups is 1. The maximum Gasteiger partial charge on any atom is 0.275 e. The van der Waals surface area contributed by atoms with Crippen LogP contribution >= 0.6 is 11.3 Å². The number of benzene rings is 1. The quantitative estimate of drug-likeness (QED) is 0.735. The van der Waals surface area contributed by atoms with Gasteiger partial charge in [-0.3, -0.25) is 9.59 Å². The van der Waals surface area contributed by atoms with Gasteiger partial charge in [-0.15, -0.1) is 5.10 Å². The Bertz CT molecular complexity index is 1100. The number of aromatic nitrogens is 3. The number of hydrogen-bond acceptors (Lipinski definition) is 6. The highest BCUT2D eigenvalue weighted by Crippen LogP contribution is 2.27. The first kappa shape index (κ1) is 18.6. The zero-order valence-electron chi connectivity index (χ0n) is 16.2. The average Bonchev–Trinajstić information content (AvgIpc) is 3.09. The number of carbonyl (C=O) groups excluding carboxylic acids is 1. The number of hydrogen-bond donors (Lipinski definition) is 1. The van der Waals surface area contributed by atoms with Gasteiger partial charge in [0.1, 0.15) is 0 Å². The van der Waals surface area contributed by atoms with E-state index in [-0.39, 0.29) is 17.4 Å². The second-order valence-electron chi connectivity index (χ2n) is 7.39. The summed E-state index contributed by atoms with van der Waals surface area (Å²) in [5.41, 5.74) is 3.70. The average molecular weight is 398 g/mol. The molecule has 28 heavy (non-hydrogen) atoms. The van der Waals surface area contributed by atoms with Gasteiger partial charge in [0.2, 0.25) is 16.0 Å². The van der Waals surface area contributed by atoms with Gasteiger partial charge in [-0.05, 0) is 56.9 Å². The Balaban J connectivity index is 1.51. The smallest absolute Gasteiger partial charge is 0.275 e. The monoisotopic (exact) mass is 397 g/mol. The first-order valence-electron chi connectivity index (χ1n) is 9.41. The summed E-state index contributed by atoms with van der Waals surface area (Å²) in [5.74, 6) is -0.0889. The van der Waals surface area contributed by atoms with Crippen molar-refractivity contribution in [3.63, 3.8) is 0 Å². The van der Waals surface area contributed by atoms with Gasteiger partial charge in [0.15, 0.2) is 0 Å². The molecule has 0 saturated carbocycles. The van der Waals surface area contributed by atoms with Crippen LogP contribution < -0.4 is 15.8 Å². The number of rotatable bonds is 3. The van der Waals surface area contributed by atoms with Crippen LogP contribution in [0.2, 0.25) is 0 Å². The van der Waals surface area contributed by atoms with Crippen molar-refractivity contribution in [2.24, 2.45) is 5.92 Å². The number of aryl methyl sites for hydroxylation is 3. The van der Waals surface area contributed by atoms with E-state index in [0.717, 1.165) is 35.8 Å². The molecular weight excluding hydrogens is 374 g/mol. The van der Waals surface area contributed by atoms with Crippen molar-refractivity contribution in [1.82, 2.24) is 14.6 Å². The van der Waals surface area contributed by atoms with E-state index >= 15 is 0 Å². The van der Waals surface area contributed by atoms with Crippen LogP contribution in [0, 0.1) is 26.7 Å². The van der Waals surface area contributed by atoms with Crippen molar-refractivity contribution in [2.45, 2.75) is 33.6 Å². The maximum atomic E-state index is 12.8. The van der Waals surface area contributed by atoms with Gasteiger partial charge >= 0.3 is 0 Å². The summed E-state index contributed by atoms with van der Waals surface area (Å²) < 4.78 is 1.34. The lowest BCUT2D eigenvalue weighted by atomic mass is 9.97. The zero-order valence-corrected chi connectivity index (χ0v) is 17.0. The highest BCUT2D eigenvalue weighted by molar-refractivity contribution is 7.20. The van der Waals surface area contributed by atoms with E-state index in [4.69, 9.17) is 0 Å². The minimum Gasteiger partial charge on any atom is -0.346 e. The summed E-state index contributed by atoms with van der Waals surface area (Å²) in [6, 6.07) is 7.44. The van der Waals surface area contributed by atoms with Gasteiger partial charge in [-0.1, -0.05) is 17.4 Å². The van der Waals surface area contributed by atoms with E-state index in [1.165, 1.54) is 27.5 Å². The van der Waals surface area contributed by atoms with E-state index in [0.29, 0.717) is 17.2 Å². The summed E-state index contributed by atoms with van der Waals surface area (Å²) in [5, 5.41) is 8.21. The Kier molecular flexibility index (Phi) is 4.89. The Morgan fingerprint density at radius 3 is 2.82 bits per heavy atom. The summed E-state index contributed by atoms with van der Waals surface area (Å²) in [7, 11) is 0. The van der Waals surface area contributed by atoms with Crippen molar-refractivity contribution in [2.75, 3.05) is 23.3 Å². The van der Waals surface area contributed by atoms with Gasteiger partial charge in [-0.2, -0.15) is 4.52 Å². The molecule has 0 radical (unpaired) electrons. The molecule has 1 fully saturated rings. The lowest BCUT2D eigenvalue weighted by molar-refractivity contribution is -0.120. The fourth-order valence-electron chi connectivity index (χ4n) is 3.47. The van der Waals surface area contributed by atoms with Crippen molar-refractivity contribution in [3.05, 3.63) is 51.4 Å². The molecule has 1 aliphatic rings. The van der Waals surface area contributed by atoms with Crippen LogP contribution in [-0.4, -0.2) is 33.6 Å². The van der Waals surface area contributed by atoms with Crippen LogP contribution in [0.5, 0.6) is 0 Å². The molecule has 8 heteroatoms. The normalized spacial score (nSPS) is 17.1. The highest BCUT2D eigenvalue weighted by atomic mass is 32.1. The Labute approximate surface area is 167 Å². The molecule has 3 heterocycles. The van der Waals surface area contributed by atoms with Gasteiger partial charge in [0, 0.05) is 30.5 Å². The second kappa shape index (κ2) is 7.35. The van der Waals surface area contributed by atoms with E-state index < -0.39 is 0 Å². The lowest BCUT2D eigenvalue weighted by Gasteiger charge is -2.31. The minimum absolute atomic E-state index is 0.0280. The largest absolute Gasteiger partial charge is 0.346 e. The van der Waals surface area contributed by atoms with Gasteiger partial charge in [0.25, 0.3) is 5.56 Å². The molecule has 0 unspecified atom stereocenters. The number of fused-ring (bicyclic) bond motifs is 1. The molecule has 1 aromatic carbocycles. The van der Waals surface area contributed by atoms with E-state index in [1.807, 2.05) is 25.1 Å². The topological polar surface area (TPSA) is 79.6 Å². The van der Waals surface area contributed by atoms with Crippen molar-refractivity contribution in [1.29, 1.82) is 0 Å². The summed E-state index contributed by atoms with van der Waals surface area (Å²) in [6.45, 7) is 7.30.